The SMILES string of the molecule is COc1ccc(-n2ccc3c(-c4ccc(-c5ccccc5)cc4)nc(SC)nc32)cc1. The molecule has 2 heterocycles. The summed E-state index contributed by atoms with van der Waals surface area (Å²) in [6.07, 6.45) is 4.05. The van der Waals surface area contributed by atoms with Crippen molar-refractivity contribution in [3.8, 4) is 33.8 Å². The monoisotopic (exact) mass is 423 g/mol. The number of aromatic nitrogens is 3. The molecule has 0 amide bonds. The summed E-state index contributed by atoms with van der Waals surface area (Å²) in [5.74, 6) is 0.832. The van der Waals surface area contributed by atoms with Crippen LogP contribution in [0.4, 0.5) is 0 Å². The highest BCUT2D eigenvalue weighted by atomic mass is 32.2. The summed E-state index contributed by atoms with van der Waals surface area (Å²) in [4.78, 5) is 9.65. The zero-order valence-corrected chi connectivity index (χ0v) is 18.1. The van der Waals surface area contributed by atoms with E-state index in [4.69, 9.17) is 14.7 Å². The second kappa shape index (κ2) is 8.28. The molecular weight excluding hydrogens is 402 g/mol. The molecule has 152 valence electrons. The maximum atomic E-state index is 5.29. The highest BCUT2D eigenvalue weighted by Gasteiger charge is 2.14. The van der Waals surface area contributed by atoms with Gasteiger partial charge in [0.25, 0.3) is 0 Å². The Morgan fingerprint density at radius 1 is 0.742 bits per heavy atom. The Balaban J connectivity index is 1.61. The van der Waals surface area contributed by atoms with E-state index in [9.17, 15) is 0 Å². The maximum Gasteiger partial charge on any atom is 0.189 e. The van der Waals surface area contributed by atoms with Gasteiger partial charge in [-0.1, -0.05) is 66.4 Å². The number of hydrogen-bond acceptors (Lipinski definition) is 4. The summed E-state index contributed by atoms with van der Waals surface area (Å²) in [5, 5.41) is 1.78. The number of nitrogens with zero attached hydrogens (tertiary/aromatic N) is 3. The highest BCUT2D eigenvalue weighted by Crippen LogP contribution is 2.32. The molecule has 0 N–H and O–H groups in total. The van der Waals surface area contributed by atoms with E-state index < -0.39 is 0 Å². The second-order valence-corrected chi connectivity index (χ2v) is 7.90. The largest absolute Gasteiger partial charge is 0.497 e. The first-order valence-corrected chi connectivity index (χ1v) is 11.2. The minimum atomic E-state index is 0.753. The predicted octanol–water partition coefficient (Wildman–Crippen LogP) is 6.49. The molecule has 0 aliphatic rings. The van der Waals surface area contributed by atoms with Gasteiger partial charge in [0.05, 0.1) is 12.8 Å². The van der Waals surface area contributed by atoms with Gasteiger partial charge in [-0.05, 0) is 47.7 Å². The van der Waals surface area contributed by atoms with Crippen molar-refractivity contribution in [1.82, 2.24) is 14.5 Å². The molecule has 2 aromatic heterocycles. The zero-order chi connectivity index (χ0) is 21.2. The van der Waals surface area contributed by atoms with E-state index in [0.29, 0.717) is 0 Å². The molecule has 0 saturated heterocycles. The summed E-state index contributed by atoms with van der Waals surface area (Å²) in [6, 6.07) is 29.1. The van der Waals surface area contributed by atoms with E-state index in [0.717, 1.165) is 38.9 Å². The summed E-state index contributed by atoms with van der Waals surface area (Å²) < 4.78 is 7.39. The summed E-state index contributed by atoms with van der Waals surface area (Å²) in [7, 11) is 1.67. The highest BCUT2D eigenvalue weighted by molar-refractivity contribution is 7.98. The Kier molecular flexibility index (Phi) is 5.18. The number of ether oxygens (including phenoxy) is 1. The fourth-order valence-corrected chi connectivity index (χ4v) is 4.07. The smallest absolute Gasteiger partial charge is 0.189 e. The molecule has 5 rings (SSSR count). The van der Waals surface area contributed by atoms with E-state index in [-0.39, 0.29) is 0 Å². The molecule has 0 bridgehead atoms. The number of hydrogen-bond donors (Lipinski definition) is 0. The van der Waals surface area contributed by atoms with Crippen LogP contribution >= 0.6 is 11.8 Å². The van der Waals surface area contributed by atoms with Crippen LogP contribution in [0.3, 0.4) is 0 Å². The normalized spacial score (nSPS) is 11.0. The third kappa shape index (κ3) is 3.68. The van der Waals surface area contributed by atoms with E-state index in [1.807, 2.05) is 42.8 Å². The average Bonchev–Trinajstić information content (AvgIpc) is 3.28. The molecule has 31 heavy (non-hydrogen) atoms. The van der Waals surface area contributed by atoms with Gasteiger partial charge in [0.2, 0.25) is 0 Å². The third-order valence-electron chi connectivity index (χ3n) is 5.32. The van der Waals surface area contributed by atoms with E-state index in [2.05, 4.69) is 59.2 Å². The fraction of sp³-hybridized carbons (Fsp3) is 0.0769. The van der Waals surface area contributed by atoms with Crippen LogP contribution in [0.15, 0.2) is 96.3 Å². The number of thioether (sulfide) groups is 1. The van der Waals surface area contributed by atoms with E-state index >= 15 is 0 Å². The first kappa shape index (κ1) is 19.4. The van der Waals surface area contributed by atoms with Gasteiger partial charge in [-0.15, -0.1) is 0 Å². The molecule has 5 heteroatoms. The van der Waals surface area contributed by atoms with Gasteiger partial charge in [0.1, 0.15) is 11.4 Å². The maximum absolute atomic E-state index is 5.29. The van der Waals surface area contributed by atoms with E-state index in [1.54, 1.807) is 18.9 Å². The molecule has 5 aromatic rings. The zero-order valence-electron chi connectivity index (χ0n) is 17.3. The Labute approximate surface area is 185 Å². The minimum Gasteiger partial charge on any atom is -0.497 e. The molecule has 0 aliphatic heterocycles. The van der Waals surface area contributed by atoms with Crippen molar-refractivity contribution in [2.75, 3.05) is 13.4 Å². The quantitative estimate of drug-likeness (QED) is 0.239. The van der Waals surface area contributed by atoms with Crippen LogP contribution in [0.5, 0.6) is 5.75 Å². The molecule has 0 spiro atoms. The predicted molar refractivity (Wildman–Crippen MR) is 128 cm³/mol. The number of benzene rings is 3. The molecule has 3 aromatic carbocycles. The lowest BCUT2D eigenvalue weighted by atomic mass is 10.0. The van der Waals surface area contributed by atoms with Crippen LogP contribution in [0, 0.1) is 0 Å². The summed E-state index contributed by atoms with van der Waals surface area (Å²) >= 11 is 1.55. The fourth-order valence-electron chi connectivity index (χ4n) is 3.71. The Morgan fingerprint density at radius 2 is 1.42 bits per heavy atom. The number of fused-ring (bicyclic) bond motifs is 1. The molecule has 0 radical (unpaired) electrons. The Morgan fingerprint density at radius 3 is 2.10 bits per heavy atom. The lowest BCUT2D eigenvalue weighted by Crippen LogP contribution is -1.98. The van der Waals surface area contributed by atoms with Gasteiger partial charge in [0, 0.05) is 22.8 Å². The molecule has 0 aliphatic carbocycles. The van der Waals surface area contributed by atoms with Gasteiger partial charge in [-0.25, -0.2) is 9.97 Å². The average molecular weight is 424 g/mol. The third-order valence-corrected chi connectivity index (χ3v) is 5.87. The molecule has 0 saturated carbocycles. The number of methoxy groups -OCH3 is 1. The molecule has 4 nitrogen and oxygen atoms in total. The van der Waals surface area contributed by atoms with Crippen LogP contribution in [-0.2, 0) is 0 Å². The van der Waals surface area contributed by atoms with Gasteiger partial charge in [-0.3, -0.25) is 0 Å². The van der Waals surface area contributed by atoms with Crippen molar-refractivity contribution in [1.29, 1.82) is 0 Å². The van der Waals surface area contributed by atoms with Crippen LogP contribution in [-0.4, -0.2) is 27.9 Å². The lowest BCUT2D eigenvalue weighted by molar-refractivity contribution is 0.415. The molecule has 0 unspecified atom stereocenters. The summed E-state index contributed by atoms with van der Waals surface area (Å²) in [6.45, 7) is 0. The standard InChI is InChI=1S/C26H21N3OS/c1-30-22-14-12-21(13-15-22)29-17-16-23-24(27-26(31-2)28-25(23)29)20-10-8-19(9-11-20)18-6-4-3-5-7-18/h3-17H,1-2H3. The van der Waals surface area contributed by atoms with Gasteiger partial charge < -0.3 is 9.30 Å². The van der Waals surface area contributed by atoms with Gasteiger partial charge >= 0.3 is 0 Å². The van der Waals surface area contributed by atoms with Crippen molar-refractivity contribution in [3.63, 3.8) is 0 Å². The van der Waals surface area contributed by atoms with Crippen LogP contribution < -0.4 is 4.74 Å². The van der Waals surface area contributed by atoms with Crippen molar-refractivity contribution in [2.45, 2.75) is 5.16 Å². The topological polar surface area (TPSA) is 39.9 Å². The first-order chi connectivity index (χ1) is 15.3. The van der Waals surface area contributed by atoms with E-state index in [1.165, 1.54) is 11.1 Å². The summed E-state index contributed by atoms with van der Waals surface area (Å²) in [5.41, 5.74) is 6.35. The first-order valence-electron chi connectivity index (χ1n) is 10.0. The van der Waals surface area contributed by atoms with Crippen molar-refractivity contribution >= 4 is 22.8 Å². The van der Waals surface area contributed by atoms with Crippen LogP contribution in [0.2, 0.25) is 0 Å². The molecule has 0 atom stereocenters. The van der Waals surface area contributed by atoms with Crippen LogP contribution in [0.1, 0.15) is 0 Å². The molecular formula is C26H21N3OS. The number of rotatable bonds is 5. The Hall–Kier alpha value is -3.57. The second-order valence-electron chi connectivity index (χ2n) is 7.12. The van der Waals surface area contributed by atoms with Crippen molar-refractivity contribution in [2.24, 2.45) is 0 Å². The van der Waals surface area contributed by atoms with Crippen molar-refractivity contribution in [3.05, 3.63) is 91.1 Å². The van der Waals surface area contributed by atoms with Gasteiger partial charge in [-0.2, -0.15) is 0 Å². The van der Waals surface area contributed by atoms with Crippen molar-refractivity contribution < 1.29 is 4.74 Å². The Bertz CT molecular complexity index is 1330. The van der Waals surface area contributed by atoms with Gasteiger partial charge in [0.15, 0.2) is 5.16 Å². The minimum absolute atomic E-state index is 0.753. The molecule has 0 fully saturated rings. The van der Waals surface area contributed by atoms with Crippen LogP contribution in [0.25, 0.3) is 39.1 Å². The lowest BCUT2D eigenvalue weighted by Gasteiger charge is -2.10.